The summed E-state index contributed by atoms with van der Waals surface area (Å²) in [6, 6.07) is 6.87. The zero-order valence-corrected chi connectivity index (χ0v) is 12.3. The van der Waals surface area contributed by atoms with Crippen LogP contribution in [0, 0.1) is 11.8 Å². The van der Waals surface area contributed by atoms with Gasteiger partial charge in [0.1, 0.15) is 0 Å². The van der Waals surface area contributed by atoms with E-state index in [9.17, 15) is 0 Å². The van der Waals surface area contributed by atoms with Gasteiger partial charge in [0, 0.05) is 25.3 Å². The van der Waals surface area contributed by atoms with E-state index < -0.39 is 0 Å². The second kappa shape index (κ2) is 5.54. The van der Waals surface area contributed by atoms with Crippen LogP contribution in [0.4, 0.5) is 5.69 Å². The van der Waals surface area contributed by atoms with Crippen LogP contribution in [0.2, 0.25) is 0 Å². The standard InChI is InChI=1S/C17H26N2/c1-13(2)14-7-10-19(11-8-14)17-5-3-4-15-6-9-18-12-16(15)17/h3-5,13-14,18H,6-12H2,1-2H3. The van der Waals surface area contributed by atoms with Crippen LogP contribution in [-0.2, 0) is 13.0 Å². The van der Waals surface area contributed by atoms with Gasteiger partial charge < -0.3 is 10.2 Å². The minimum Gasteiger partial charge on any atom is -0.371 e. The Morgan fingerprint density at radius 1 is 1.21 bits per heavy atom. The number of nitrogens with zero attached hydrogens (tertiary/aromatic N) is 1. The third-order valence-electron chi connectivity index (χ3n) is 4.94. The van der Waals surface area contributed by atoms with Crippen molar-refractivity contribution in [2.45, 2.75) is 39.7 Å². The van der Waals surface area contributed by atoms with Gasteiger partial charge in [-0.25, -0.2) is 0 Å². The van der Waals surface area contributed by atoms with Crippen molar-refractivity contribution in [2.24, 2.45) is 11.8 Å². The number of anilines is 1. The van der Waals surface area contributed by atoms with Crippen molar-refractivity contribution in [2.75, 3.05) is 24.5 Å². The molecule has 0 aromatic heterocycles. The van der Waals surface area contributed by atoms with E-state index in [4.69, 9.17) is 0 Å². The zero-order chi connectivity index (χ0) is 13.2. The Morgan fingerprint density at radius 3 is 2.74 bits per heavy atom. The molecule has 1 aromatic rings. The predicted octanol–water partition coefficient (Wildman–Crippen LogP) is 3.20. The molecule has 2 heterocycles. The van der Waals surface area contributed by atoms with Crippen LogP contribution in [0.5, 0.6) is 0 Å². The quantitative estimate of drug-likeness (QED) is 0.876. The van der Waals surface area contributed by atoms with Gasteiger partial charge >= 0.3 is 0 Å². The molecule has 2 heteroatoms. The van der Waals surface area contributed by atoms with Crippen molar-refractivity contribution in [1.82, 2.24) is 5.32 Å². The van der Waals surface area contributed by atoms with Crippen molar-refractivity contribution in [3.05, 3.63) is 29.3 Å². The molecule has 2 aliphatic rings. The Morgan fingerprint density at radius 2 is 2.00 bits per heavy atom. The van der Waals surface area contributed by atoms with Gasteiger partial charge in [-0.05, 0) is 54.8 Å². The van der Waals surface area contributed by atoms with Crippen LogP contribution < -0.4 is 10.2 Å². The maximum Gasteiger partial charge on any atom is 0.0414 e. The number of hydrogen-bond acceptors (Lipinski definition) is 2. The molecular formula is C17H26N2. The number of hydrogen-bond donors (Lipinski definition) is 1. The largest absolute Gasteiger partial charge is 0.371 e. The molecule has 0 aliphatic carbocycles. The molecule has 0 radical (unpaired) electrons. The van der Waals surface area contributed by atoms with E-state index in [1.165, 1.54) is 38.0 Å². The number of nitrogens with one attached hydrogen (secondary N) is 1. The summed E-state index contributed by atoms with van der Waals surface area (Å²) in [4.78, 5) is 2.62. The summed E-state index contributed by atoms with van der Waals surface area (Å²) in [7, 11) is 0. The minimum absolute atomic E-state index is 0.841. The molecule has 1 saturated heterocycles. The van der Waals surface area contributed by atoms with E-state index in [0.29, 0.717) is 0 Å². The van der Waals surface area contributed by atoms with Crippen LogP contribution >= 0.6 is 0 Å². The molecule has 3 rings (SSSR count). The highest BCUT2D eigenvalue weighted by Crippen LogP contribution is 2.31. The van der Waals surface area contributed by atoms with Crippen LogP contribution in [0.25, 0.3) is 0 Å². The zero-order valence-electron chi connectivity index (χ0n) is 12.3. The van der Waals surface area contributed by atoms with Gasteiger partial charge in [0.2, 0.25) is 0 Å². The molecule has 0 spiro atoms. The molecule has 0 amide bonds. The van der Waals surface area contributed by atoms with Crippen molar-refractivity contribution >= 4 is 5.69 Å². The lowest BCUT2D eigenvalue weighted by Crippen LogP contribution is -2.37. The Labute approximate surface area is 117 Å². The first kappa shape index (κ1) is 13.0. The highest BCUT2D eigenvalue weighted by atomic mass is 15.1. The highest BCUT2D eigenvalue weighted by molar-refractivity contribution is 5.57. The molecule has 0 saturated carbocycles. The molecule has 1 N–H and O–H groups in total. The maximum atomic E-state index is 3.52. The molecule has 19 heavy (non-hydrogen) atoms. The average molecular weight is 258 g/mol. The van der Waals surface area contributed by atoms with Crippen LogP contribution in [0.15, 0.2) is 18.2 Å². The number of benzene rings is 1. The van der Waals surface area contributed by atoms with E-state index >= 15 is 0 Å². The van der Waals surface area contributed by atoms with E-state index in [0.717, 1.165) is 24.9 Å². The first-order chi connectivity index (χ1) is 9.25. The summed E-state index contributed by atoms with van der Waals surface area (Å²) < 4.78 is 0. The predicted molar refractivity (Wildman–Crippen MR) is 81.6 cm³/mol. The van der Waals surface area contributed by atoms with Gasteiger partial charge in [0.05, 0.1) is 0 Å². The smallest absolute Gasteiger partial charge is 0.0414 e. The number of rotatable bonds is 2. The fraction of sp³-hybridized carbons (Fsp3) is 0.647. The SMILES string of the molecule is CC(C)C1CCN(c2cccc3c2CNCC3)CC1. The molecule has 1 fully saturated rings. The molecule has 0 bridgehead atoms. The normalized spacial score (nSPS) is 20.7. The minimum atomic E-state index is 0.841. The van der Waals surface area contributed by atoms with E-state index in [2.05, 4.69) is 42.3 Å². The molecule has 104 valence electrons. The highest BCUT2D eigenvalue weighted by Gasteiger charge is 2.24. The van der Waals surface area contributed by atoms with E-state index in [1.807, 2.05) is 0 Å². The van der Waals surface area contributed by atoms with Gasteiger partial charge in [-0.1, -0.05) is 26.0 Å². The van der Waals surface area contributed by atoms with Crippen molar-refractivity contribution in [1.29, 1.82) is 0 Å². The van der Waals surface area contributed by atoms with Gasteiger partial charge in [-0.2, -0.15) is 0 Å². The van der Waals surface area contributed by atoms with Crippen LogP contribution in [-0.4, -0.2) is 19.6 Å². The Bertz CT molecular complexity index is 431. The monoisotopic (exact) mass is 258 g/mol. The molecule has 2 aliphatic heterocycles. The summed E-state index contributed by atoms with van der Waals surface area (Å²) in [6.45, 7) is 9.39. The third kappa shape index (κ3) is 2.64. The number of fused-ring (bicyclic) bond motifs is 1. The third-order valence-corrected chi connectivity index (χ3v) is 4.94. The Kier molecular flexibility index (Phi) is 3.79. The first-order valence-corrected chi connectivity index (χ1v) is 7.82. The molecule has 2 nitrogen and oxygen atoms in total. The summed E-state index contributed by atoms with van der Waals surface area (Å²) in [5, 5.41) is 3.52. The van der Waals surface area contributed by atoms with Gasteiger partial charge in [-0.15, -0.1) is 0 Å². The van der Waals surface area contributed by atoms with E-state index in [1.54, 1.807) is 11.1 Å². The lowest BCUT2D eigenvalue weighted by atomic mass is 9.86. The summed E-state index contributed by atoms with van der Waals surface area (Å²) in [6.07, 6.45) is 3.90. The Balaban J connectivity index is 1.77. The number of piperidine rings is 1. The van der Waals surface area contributed by atoms with Crippen molar-refractivity contribution in [3.63, 3.8) is 0 Å². The fourth-order valence-electron chi connectivity index (χ4n) is 3.60. The molecular weight excluding hydrogens is 232 g/mol. The summed E-state index contributed by atoms with van der Waals surface area (Å²) in [5.74, 6) is 1.77. The summed E-state index contributed by atoms with van der Waals surface area (Å²) >= 11 is 0. The fourth-order valence-corrected chi connectivity index (χ4v) is 3.60. The van der Waals surface area contributed by atoms with Crippen LogP contribution in [0.1, 0.15) is 37.8 Å². The maximum absolute atomic E-state index is 3.52. The second-order valence-corrected chi connectivity index (χ2v) is 6.41. The first-order valence-electron chi connectivity index (χ1n) is 7.82. The Hall–Kier alpha value is -1.02. The lowest BCUT2D eigenvalue weighted by Gasteiger charge is -2.37. The van der Waals surface area contributed by atoms with Gasteiger partial charge in [0.25, 0.3) is 0 Å². The van der Waals surface area contributed by atoms with Gasteiger partial charge in [-0.3, -0.25) is 0 Å². The topological polar surface area (TPSA) is 15.3 Å². The molecule has 0 unspecified atom stereocenters. The molecule has 1 aromatic carbocycles. The van der Waals surface area contributed by atoms with Crippen molar-refractivity contribution in [3.8, 4) is 0 Å². The van der Waals surface area contributed by atoms with Crippen molar-refractivity contribution < 1.29 is 0 Å². The average Bonchev–Trinajstić information content (AvgIpc) is 2.47. The lowest BCUT2D eigenvalue weighted by molar-refractivity contribution is 0.311. The second-order valence-electron chi connectivity index (χ2n) is 6.41. The summed E-state index contributed by atoms with van der Waals surface area (Å²) in [5.41, 5.74) is 4.60. The van der Waals surface area contributed by atoms with Crippen LogP contribution in [0.3, 0.4) is 0 Å². The van der Waals surface area contributed by atoms with E-state index in [-0.39, 0.29) is 0 Å². The van der Waals surface area contributed by atoms with Gasteiger partial charge in [0.15, 0.2) is 0 Å². The molecule has 0 atom stereocenters.